The maximum atomic E-state index is 11.2. The third kappa shape index (κ3) is 1.63. The molecular weight excluding hydrogens is 190 g/mol. The van der Waals surface area contributed by atoms with Crippen molar-refractivity contribution in [3.63, 3.8) is 0 Å². The number of carbonyl (C=O) groups excluding carboxylic acids is 1. The van der Waals surface area contributed by atoms with Crippen LogP contribution in [0.15, 0.2) is 18.3 Å². The molecule has 15 heavy (non-hydrogen) atoms. The number of aromatic nitrogens is 3. The van der Waals surface area contributed by atoms with Gasteiger partial charge in [0.05, 0.1) is 5.69 Å². The summed E-state index contributed by atoms with van der Waals surface area (Å²) in [6.45, 7) is 5.65. The maximum absolute atomic E-state index is 11.2. The molecule has 0 bridgehead atoms. The minimum absolute atomic E-state index is 0.0448. The van der Waals surface area contributed by atoms with Crippen LogP contribution >= 0.6 is 0 Å². The molecule has 0 aliphatic heterocycles. The van der Waals surface area contributed by atoms with E-state index < -0.39 is 0 Å². The Hall–Kier alpha value is -1.71. The van der Waals surface area contributed by atoms with Gasteiger partial charge in [-0.25, -0.2) is 0 Å². The summed E-state index contributed by atoms with van der Waals surface area (Å²) in [5.41, 5.74) is 1.58. The van der Waals surface area contributed by atoms with Crippen molar-refractivity contribution in [2.45, 2.75) is 26.7 Å². The molecule has 4 heteroatoms. The Bertz CT molecular complexity index is 514. The summed E-state index contributed by atoms with van der Waals surface area (Å²) in [4.78, 5) is 11.2. The number of hydrogen-bond acceptors (Lipinski definition) is 3. The molecule has 0 aliphatic rings. The summed E-state index contributed by atoms with van der Waals surface area (Å²) in [5, 5.41) is 9.14. The zero-order chi connectivity index (χ0) is 11.0. The monoisotopic (exact) mass is 203 g/mol. The molecule has 0 unspecified atom stereocenters. The van der Waals surface area contributed by atoms with Crippen LogP contribution in [0.4, 0.5) is 0 Å². The van der Waals surface area contributed by atoms with Gasteiger partial charge in [-0.05, 0) is 18.1 Å². The largest absolute Gasteiger partial charge is 0.274 e. The number of fused-ring (bicyclic) bond motifs is 1. The fraction of sp³-hybridized carbons (Fsp3) is 0.364. The minimum atomic E-state index is -0.0448. The lowest BCUT2D eigenvalue weighted by Gasteiger charge is -2.03. The van der Waals surface area contributed by atoms with Crippen LogP contribution in [-0.4, -0.2) is 20.7 Å². The zero-order valence-electron chi connectivity index (χ0n) is 9.06. The topological polar surface area (TPSA) is 47.8 Å². The van der Waals surface area contributed by atoms with Gasteiger partial charge in [0.2, 0.25) is 5.91 Å². The van der Waals surface area contributed by atoms with Gasteiger partial charge in [-0.3, -0.25) is 9.36 Å². The Morgan fingerprint density at radius 2 is 2.13 bits per heavy atom. The van der Waals surface area contributed by atoms with Gasteiger partial charge in [0.15, 0.2) is 5.65 Å². The van der Waals surface area contributed by atoms with E-state index in [0.717, 1.165) is 11.1 Å². The molecule has 0 saturated heterocycles. The second kappa shape index (κ2) is 3.46. The highest BCUT2D eigenvalue weighted by atomic mass is 16.1. The Labute approximate surface area is 87.9 Å². The summed E-state index contributed by atoms with van der Waals surface area (Å²) < 4.78 is 1.51. The Balaban J connectivity index is 2.61. The molecule has 0 amide bonds. The van der Waals surface area contributed by atoms with Crippen molar-refractivity contribution < 1.29 is 4.79 Å². The molecule has 0 atom stereocenters. The number of nitrogens with zero attached hydrogens (tertiary/aromatic N) is 3. The van der Waals surface area contributed by atoms with Gasteiger partial charge < -0.3 is 0 Å². The first-order valence-electron chi connectivity index (χ1n) is 4.95. The van der Waals surface area contributed by atoms with Crippen molar-refractivity contribution in [3.05, 3.63) is 24.0 Å². The summed E-state index contributed by atoms with van der Waals surface area (Å²) in [5.74, 6) is 0.305. The van der Waals surface area contributed by atoms with Crippen molar-refractivity contribution in [2.75, 3.05) is 0 Å². The molecule has 0 fully saturated rings. The van der Waals surface area contributed by atoms with Crippen molar-refractivity contribution in [2.24, 2.45) is 0 Å². The fourth-order valence-electron chi connectivity index (χ4n) is 1.49. The van der Waals surface area contributed by atoms with Crippen LogP contribution in [0, 0.1) is 0 Å². The standard InChI is InChI=1S/C11H13N3O/c1-7(2)10-6-9-4-5-14(8(3)15)11(9)13-12-10/h4-7H,1-3H3. The van der Waals surface area contributed by atoms with Gasteiger partial charge in [0, 0.05) is 18.5 Å². The van der Waals surface area contributed by atoms with Crippen LogP contribution in [0.1, 0.15) is 37.2 Å². The van der Waals surface area contributed by atoms with Crippen molar-refractivity contribution >= 4 is 16.9 Å². The first-order valence-corrected chi connectivity index (χ1v) is 4.95. The lowest BCUT2D eigenvalue weighted by molar-refractivity contribution is 0.0941. The fourth-order valence-corrected chi connectivity index (χ4v) is 1.49. The van der Waals surface area contributed by atoms with Crippen molar-refractivity contribution in [1.29, 1.82) is 0 Å². The molecule has 0 aliphatic carbocycles. The van der Waals surface area contributed by atoms with Gasteiger partial charge in [-0.15, -0.1) is 5.10 Å². The van der Waals surface area contributed by atoms with Crippen LogP contribution < -0.4 is 0 Å². The second-order valence-corrected chi connectivity index (χ2v) is 3.91. The Morgan fingerprint density at radius 1 is 1.40 bits per heavy atom. The van der Waals surface area contributed by atoms with Crippen LogP contribution in [0.25, 0.3) is 11.0 Å². The average Bonchev–Trinajstić information content (AvgIpc) is 2.59. The smallest absolute Gasteiger partial charge is 0.229 e. The third-order valence-electron chi connectivity index (χ3n) is 2.38. The Kier molecular flexibility index (Phi) is 2.26. The van der Waals surface area contributed by atoms with Crippen LogP contribution in [0.3, 0.4) is 0 Å². The summed E-state index contributed by atoms with van der Waals surface area (Å²) in [6.07, 6.45) is 1.73. The molecule has 0 spiro atoms. The normalized spacial score (nSPS) is 11.2. The quantitative estimate of drug-likeness (QED) is 0.714. The molecule has 0 aromatic carbocycles. The minimum Gasteiger partial charge on any atom is -0.274 e. The lowest BCUT2D eigenvalue weighted by atomic mass is 10.1. The van der Waals surface area contributed by atoms with E-state index in [1.54, 1.807) is 6.20 Å². The van der Waals surface area contributed by atoms with E-state index in [9.17, 15) is 4.79 Å². The first kappa shape index (κ1) is 9.83. The molecule has 4 nitrogen and oxygen atoms in total. The number of rotatable bonds is 1. The van der Waals surface area contributed by atoms with Gasteiger partial charge in [-0.1, -0.05) is 13.8 Å². The molecule has 0 radical (unpaired) electrons. The van der Waals surface area contributed by atoms with E-state index in [2.05, 4.69) is 24.0 Å². The highest BCUT2D eigenvalue weighted by Gasteiger charge is 2.09. The molecule has 2 aromatic rings. The third-order valence-corrected chi connectivity index (χ3v) is 2.38. The number of hydrogen-bond donors (Lipinski definition) is 0. The van der Waals surface area contributed by atoms with E-state index >= 15 is 0 Å². The summed E-state index contributed by atoms with van der Waals surface area (Å²) >= 11 is 0. The summed E-state index contributed by atoms with van der Waals surface area (Å²) in [6, 6.07) is 3.86. The molecular formula is C11H13N3O. The van der Waals surface area contributed by atoms with E-state index in [4.69, 9.17) is 0 Å². The second-order valence-electron chi connectivity index (χ2n) is 3.91. The van der Waals surface area contributed by atoms with Crippen LogP contribution in [0.2, 0.25) is 0 Å². The van der Waals surface area contributed by atoms with Gasteiger partial charge in [0.1, 0.15) is 0 Å². The van der Waals surface area contributed by atoms with Crippen LogP contribution in [0.5, 0.6) is 0 Å². The maximum Gasteiger partial charge on any atom is 0.229 e. The zero-order valence-corrected chi connectivity index (χ0v) is 9.06. The molecule has 2 aromatic heterocycles. The lowest BCUT2D eigenvalue weighted by Crippen LogP contribution is -2.05. The molecule has 0 N–H and O–H groups in total. The predicted molar refractivity (Wildman–Crippen MR) is 57.9 cm³/mol. The van der Waals surface area contributed by atoms with Gasteiger partial charge in [-0.2, -0.15) is 5.10 Å². The highest BCUT2D eigenvalue weighted by molar-refractivity contribution is 5.88. The average molecular weight is 203 g/mol. The van der Waals surface area contributed by atoms with Crippen molar-refractivity contribution in [3.8, 4) is 0 Å². The molecule has 78 valence electrons. The Morgan fingerprint density at radius 3 is 2.73 bits per heavy atom. The molecule has 2 rings (SSSR count). The first-order chi connectivity index (χ1) is 7.09. The molecule has 0 saturated carbocycles. The van der Waals surface area contributed by atoms with Gasteiger partial charge >= 0.3 is 0 Å². The molecule has 2 heterocycles. The van der Waals surface area contributed by atoms with E-state index in [1.165, 1.54) is 11.5 Å². The highest BCUT2D eigenvalue weighted by Crippen LogP contribution is 2.17. The van der Waals surface area contributed by atoms with E-state index in [1.807, 2.05) is 12.1 Å². The predicted octanol–water partition coefficient (Wildman–Crippen LogP) is 2.21. The number of carbonyl (C=O) groups is 1. The van der Waals surface area contributed by atoms with E-state index in [0.29, 0.717) is 11.6 Å². The van der Waals surface area contributed by atoms with E-state index in [-0.39, 0.29) is 5.91 Å². The van der Waals surface area contributed by atoms with Gasteiger partial charge in [0.25, 0.3) is 0 Å². The summed E-state index contributed by atoms with van der Waals surface area (Å²) in [7, 11) is 0. The van der Waals surface area contributed by atoms with Crippen LogP contribution in [-0.2, 0) is 0 Å². The SMILES string of the molecule is CC(=O)n1ccc2cc(C(C)C)nnc21. The van der Waals surface area contributed by atoms with Crippen molar-refractivity contribution in [1.82, 2.24) is 14.8 Å².